The molecule has 0 aliphatic heterocycles. The third-order valence-electron chi connectivity index (χ3n) is 23.5. The van der Waals surface area contributed by atoms with Gasteiger partial charge in [-0.3, -0.25) is 0 Å². The molecule has 4 nitrogen and oxygen atoms in total. The van der Waals surface area contributed by atoms with Gasteiger partial charge in [0.15, 0.2) is 0 Å². The normalized spacial score (nSPS) is 11.5. The first kappa shape index (κ1) is 70.4. The van der Waals surface area contributed by atoms with Crippen molar-refractivity contribution in [3.05, 3.63) is 460 Å². The van der Waals surface area contributed by atoms with Crippen molar-refractivity contribution in [3.63, 3.8) is 0 Å². The highest BCUT2D eigenvalue weighted by atomic mass is 19.1. The lowest BCUT2D eigenvalue weighted by atomic mass is 9.86. The van der Waals surface area contributed by atoms with Crippen LogP contribution in [0, 0.1) is 12.7 Å². The summed E-state index contributed by atoms with van der Waals surface area (Å²) in [6.07, 6.45) is 0. The van der Waals surface area contributed by atoms with E-state index in [2.05, 4.69) is 451 Å². The second kappa shape index (κ2) is 30.2. The average Bonchev–Trinajstić information content (AvgIpc) is 1.11. The third kappa shape index (κ3) is 12.7. The molecule has 0 fully saturated rings. The highest BCUT2D eigenvalue weighted by Gasteiger charge is 2.23. The molecule has 5 heteroatoms. The largest absolute Gasteiger partial charge is 0.311 e. The van der Waals surface area contributed by atoms with Crippen LogP contribution in [0.4, 0.5) is 38.5 Å². The lowest BCUT2D eigenvalue weighted by Gasteiger charge is -2.26. The van der Waals surface area contributed by atoms with Gasteiger partial charge in [-0.15, -0.1) is 0 Å². The molecule has 0 saturated heterocycles. The van der Waals surface area contributed by atoms with E-state index in [4.69, 9.17) is 0 Å². The third-order valence-corrected chi connectivity index (χ3v) is 23.5. The number of hydrogen-bond donors (Lipinski definition) is 0. The van der Waals surface area contributed by atoms with Gasteiger partial charge in [-0.05, 0) is 268 Å². The van der Waals surface area contributed by atoms with Gasteiger partial charge >= 0.3 is 0 Å². The number of aromatic nitrogens is 2. The van der Waals surface area contributed by atoms with Gasteiger partial charge in [0.25, 0.3) is 0 Å². The first-order valence-electron chi connectivity index (χ1n) is 40.4. The van der Waals surface area contributed by atoms with Gasteiger partial charge < -0.3 is 18.9 Å². The van der Waals surface area contributed by atoms with Crippen LogP contribution in [0.1, 0.15) is 5.56 Å². The molecule has 0 atom stereocenters. The number of hydrogen-bond acceptors (Lipinski definition) is 2. The number of fused-ring (bicyclic) bond motifs is 10. The summed E-state index contributed by atoms with van der Waals surface area (Å²) < 4.78 is 18.5. The molecule has 0 spiro atoms. The lowest BCUT2D eigenvalue weighted by molar-refractivity contribution is 0.627. The zero-order valence-corrected chi connectivity index (χ0v) is 64.9. The van der Waals surface area contributed by atoms with Gasteiger partial charge in [0.2, 0.25) is 0 Å². The Kier molecular flexibility index (Phi) is 18.0. The number of anilines is 6. The van der Waals surface area contributed by atoms with Gasteiger partial charge in [-0.2, -0.15) is 0 Å². The van der Waals surface area contributed by atoms with E-state index in [1.165, 1.54) is 144 Å². The van der Waals surface area contributed by atoms with Gasteiger partial charge in [0, 0.05) is 67.0 Å². The van der Waals surface area contributed by atoms with Crippen molar-refractivity contribution < 1.29 is 4.39 Å². The maximum absolute atomic E-state index is 13.9. The van der Waals surface area contributed by atoms with Crippen LogP contribution in [0.25, 0.3) is 165 Å². The minimum Gasteiger partial charge on any atom is -0.311 e. The fourth-order valence-electron chi connectivity index (χ4n) is 18.1. The Bertz CT molecular complexity index is 7390. The van der Waals surface area contributed by atoms with E-state index >= 15 is 0 Å². The fraction of sp³-hybridized carbons (Fsp3) is 0.00885. The molecule has 0 radical (unpaired) electrons. The summed E-state index contributed by atoms with van der Waals surface area (Å²) in [6, 6.07) is 160. The number of halogens is 1. The van der Waals surface area contributed by atoms with Crippen molar-refractivity contribution in [3.8, 4) is 78.1 Å². The molecule has 20 aromatic carbocycles. The quantitative estimate of drug-likeness (QED) is 0.101. The Labute approximate surface area is 685 Å². The monoisotopic (exact) mass is 1510 g/mol. The van der Waals surface area contributed by atoms with E-state index in [0.29, 0.717) is 0 Å². The van der Waals surface area contributed by atoms with Crippen molar-refractivity contribution in [2.45, 2.75) is 6.92 Å². The van der Waals surface area contributed by atoms with Gasteiger partial charge in [-0.1, -0.05) is 303 Å². The average molecular weight is 1510 g/mol. The SMILES string of the molecule is Cc1cccc(-n2c3ccccc3c3cc(-c4ccc(N(c5ccccc5)c5ccc(-c6c7ccccc7c(-c7ccccc7)c7ccccc67)cc5)cc4)ccc32)c1.Fc1ccc(-n2c3ccccc3c3cc(-c4ccc(N(c5ccccc5)c5ccc(-c6c7ccccc7c(-c7ccccc7)c7ccccc67)cc5)cc4)ccc32)cc1. The molecule has 0 N–H and O–H groups in total. The molecular weight excluding hydrogens is 1430 g/mol. The van der Waals surface area contributed by atoms with Crippen molar-refractivity contribution >= 4 is 121 Å². The molecule has 2 aromatic heterocycles. The molecule has 556 valence electrons. The van der Waals surface area contributed by atoms with E-state index in [1.54, 1.807) is 0 Å². The number of para-hydroxylation sites is 4. The molecule has 22 aromatic rings. The molecule has 22 rings (SSSR count). The zero-order valence-electron chi connectivity index (χ0n) is 64.9. The molecule has 0 amide bonds. The summed E-state index contributed by atoms with van der Waals surface area (Å²) in [5.41, 5.74) is 29.1. The summed E-state index contributed by atoms with van der Waals surface area (Å²) in [7, 11) is 0. The fourth-order valence-corrected chi connectivity index (χ4v) is 18.1. The Hall–Kier alpha value is -15.4. The maximum Gasteiger partial charge on any atom is 0.123 e. The van der Waals surface area contributed by atoms with Crippen molar-refractivity contribution in [1.82, 2.24) is 9.13 Å². The summed E-state index contributed by atoms with van der Waals surface area (Å²) in [6.45, 7) is 2.16. The standard InChI is InChI=1S/C57H40N2.C56H37FN2/c1-39-15-14-20-47(37-39)59-54-26-13-12-21-48(54)53-38-43(31-36-55(53)59)40-27-32-45(33-28-40)58(44-18-6-3-7-19-44)46-34-29-42(30-35-46)57-51-24-10-8-22-49(51)56(41-16-4-2-5-17-41)50-23-9-11-25-52(50)57;57-42-28-34-46(35-29-42)59-53-22-12-11-17-47(53)52-37-41(27-36-54(52)59)38-23-30-44(31-24-38)58(43-15-5-2-6-16-43)45-32-25-40(26-33-45)56-50-20-9-7-18-48(50)55(39-13-3-1-4-14-39)49-19-8-10-21-51(49)56/h2-38H,1H3;1-37H. The van der Waals surface area contributed by atoms with Gasteiger partial charge in [-0.25, -0.2) is 4.39 Å². The topological polar surface area (TPSA) is 16.3 Å². The second-order valence-corrected chi connectivity index (χ2v) is 30.4. The molecule has 0 bridgehead atoms. The van der Waals surface area contributed by atoms with Crippen molar-refractivity contribution in [2.24, 2.45) is 0 Å². The van der Waals surface area contributed by atoms with Crippen LogP contribution in [0.3, 0.4) is 0 Å². The Morgan fingerprint density at radius 2 is 0.441 bits per heavy atom. The maximum atomic E-state index is 13.9. The Morgan fingerprint density at radius 1 is 0.178 bits per heavy atom. The first-order valence-corrected chi connectivity index (χ1v) is 40.4. The zero-order chi connectivity index (χ0) is 78.6. The van der Waals surface area contributed by atoms with Crippen LogP contribution in [0.2, 0.25) is 0 Å². The molecule has 0 aliphatic rings. The van der Waals surface area contributed by atoms with Crippen molar-refractivity contribution in [1.29, 1.82) is 0 Å². The number of benzene rings is 20. The summed E-state index contributed by atoms with van der Waals surface area (Å²) in [4.78, 5) is 4.67. The molecule has 0 unspecified atom stereocenters. The van der Waals surface area contributed by atoms with E-state index in [0.717, 1.165) is 72.7 Å². The van der Waals surface area contributed by atoms with Crippen LogP contribution in [0.15, 0.2) is 449 Å². The smallest absolute Gasteiger partial charge is 0.123 e. The van der Waals surface area contributed by atoms with Gasteiger partial charge in [0.05, 0.1) is 22.1 Å². The number of nitrogens with zero attached hydrogens (tertiary/aromatic N) is 4. The van der Waals surface area contributed by atoms with Crippen LogP contribution in [-0.4, -0.2) is 9.13 Å². The molecule has 118 heavy (non-hydrogen) atoms. The first-order chi connectivity index (χ1) is 58.4. The summed E-state index contributed by atoms with van der Waals surface area (Å²) in [5.74, 6) is -0.240. The highest BCUT2D eigenvalue weighted by molar-refractivity contribution is 6.23. The van der Waals surface area contributed by atoms with Crippen molar-refractivity contribution in [2.75, 3.05) is 9.80 Å². The molecule has 2 heterocycles. The van der Waals surface area contributed by atoms with Crippen LogP contribution < -0.4 is 9.80 Å². The highest BCUT2D eigenvalue weighted by Crippen LogP contribution is 2.49. The predicted octanol–water partition coefficient (Wildman–Crippen LogP) is 31.6. The molecular formula is C113H77FN4. The lowest BCUT2D eigenvalue weighted by Crippen LogP contribution is -2.09. The number of rotatable bonds is 14. The molecule has 0 saturated carbocycles. The Morgan fingerprint density at radius 3 is 0.780 bits per heavy atom. The minimum absolute atomic E-state index is 0.240. The second-order valence-electron chi connectivity index (χ2n) is 30.4. The van der Waals surface area contributed by atoms with E-state index < -0.39 is 0 Å². The summed E-state index contributed by atoms with van der Waals surface area (Å²) >= 11 is 0. The Balaban J connectivity index is 0.000000147. The van der Waals surface area contributed by atoms with Crippen LogP contribution in [0.5, 0.6) is 0 Å². The van der Waals surface area contributed by atoms with Crippen LogP contribution in [-0.2, 0) is 0 Å². The van der Waals surface area contributed by atoms with E-state index in [1.807, 2.05) is 12.1 Å². The van der Waals surface area contributed by atoms with E-state index in [-0.39, 0.29) is 5.82 Å². The van der Waals surface area contributed by atoms with Crippen LogP contribution >= 0.6 is 0 Å². The van der Waals surface area contributed by atoms with E-state index in [9.17, 15) is 4.39 Å². The molecule has 0 aliphatic carbocycles. The summed E-state index contributed by atoms with van der Waals surface area (Å²) in [5, 5.41) is 14.9. The predicted molar refractivity (Wildman–Crippen MR) is 498 cm³/mol. The minimum atomic E-state index is -0.240. The van der Waals surface area contributed by atoms with Gasteiger partial charge in [0.1, 0.15) is 5.82 Å². The number of aryl methyl sites for hydroxylation is 1.